The lowest BCUT2D eigenvalue weighted by Crippen LogP contribution is -2.34. The van der Waals surface area contributed by atoms with Crippen LogP contribution in [-0.2, 0) is 16.0 Å². The molecule has 2 amide bonds. The molecule has 3 N–H and O–H groups in total. The summed E-state index contributed by atoms with van der Waals surface area (Å²) >= 11 is 0. The molecule has 0 saturated heterocycles. The summed E-state index contributed by atoms with van der Waals surface area (Å²) in [5.74, 6) is -0.107. The number of hydrogen-bond acceptors (Lipinski definition) is 3. The van der Waals surface area contributed by atoms with Crippen molar-refractivity contribution in [3.05, 3.63) is 35.9 Å². The SMILES string of the molecule is CNCCNC(=O)CCNC(=O)Cc1ccccc1.Cl. The highest BCUT2D eigenvalue weighted by molar-refractivity contribution is 5.85. The van der Waals surface area contributed by atoms with Gasteiger partial charge in [0.15, 0.2) is 0 Å². The number of carbonyl (C=O) groups excluding carboxylic acids is 2. The second-order valence-corrected chi connectivity index (χ2v) is 4.22. The van der Waals surface area contributed by atoms with Gasteiger partial charge in [0.1, 0.15) is 0 Å². The van der Waals surface area contributed by atoms with Crippen LogP contribution in [0, 0.1) is 0 Å². The normalized spacial score (nSPS) is 9.45. The summed E-state index contributed by atoms with van der Waals surface area (Å²) in [6.07, 6.45) is 0.659. The van der Waals surface area contributed by atoms with E-state index in [0.29, 0.717) is 25.9 Å². The van der Waals surface area contributed by atoms with E-state index in [1.165, 1.54) is 0 Å². The maximum absolute atomic E-state index is 11.6. The molecule has 5 nitrogen and oxygen atoms in total. The van der Waals surface area contributed by atoms with Gasteiger partial charge in [-0.05, 0) is 12.6 Å². The molecule has 0 spiro atoms. The Morgan fingerprint density at radius 3 is 2.25 bits per heavy atom. The zero-order chi connectivity index (χ0) is 13.9. The Labute approximate surface area is 125 Å². The lowest BCUT2D eigenvalue weighted by atomic mass is 10.1. The summed E-state index contributed by atoms with van der Waals surface area (Å²) in [5, 5.41) is 8.43. The van der Waals surface area contributed by atoms with Gasteiger partial charge in [0.2, 0.25) is 11.8 Å². The van der Waals surface area contributed by atoms with Crippen LogP contribution >= 0.6 is 12.4 Å². The van der Waals surface area contributed by atoms with Crippen LogP contribution in [0.1, 0.15) is 12.0 Å². The first-order chi connectivity index (χ1) is 9.22. The van der Waals surface area contributed by atoms with Crippen molar-refractivity contribution in [3.8, 4) is 0 Å². The highest BCUT2D eigenvalue weighted by Crippen LogP contribution is 1.98. The summed E-state index contributed by atoms with van der Waals surface area (Å²) in [6, 6.07) is 9.53. The first-order valence-corrected chi connectivity index (χ1v) is 6.44. The Kier molecular flexibility index (Phi) is 10.4. The van der Waals surface area contributed by atoms with Crippen molar-refractivity contribution < 1.29 is 9.59 Å². The van der Waals surface area contributed by atoms with E-state index in [2.05, 4.69) is 16.0 Å². The minimum atomic E-state index is -0.0609. The molecule has 0 aromatic heterocycles. The molecule has 0 aliphatic carbocycles. The molecule has 0 bridgehead atoms. The summed E-state index contributed by atoms with van der Waals surface area (Å²) < 4.78 is 0. The van der Waals surface area contributed by atoms with Gasteiger partial charge in [0, 0.05) is 26.1 Å². The molecule has 0 aliphatic rings. The molecule has 1 aromatic rings. The summed E-state index contributed by atoms with van der Waals surface area (Å²) in [6.45, 7) is 1.72. The predicted molar refractivity (Wildman–Crippen MR) is 82.0 cm³/mol. The number of benzene rings is 1. The van der Waals surface area contributed by atoms with Crippen LogP contribution in [0.5, 0.6) is 0 Å². The number of halogens is 1. The van der Waals surface area contributed by atoms with Gasteiger partial charge in [-0.1, -0.05) is 30.3 Å². The molecule has 0 fully saturated rings. The fourth-order valence-electron chi connectivity index (χ4n) is 1.57. The Morgan fingerprint density at radius 2 is 1.60 bits per heavy atom. The van der Waals surface area contributed by atoms with Crippen LogP contribution < -0.4 is 16.0 Å². The van der Waals surface area contributed by atoms with Gasteiger partial charge in [0.25, 0.3) is 0 Å². The van der Waals surface area contributed by atoms with Crippen LogP contribution in [-0.4, -0.2) is 38.5 Å². The molecular formula is C14H22ClN3O2. The molecule has 0 heterocycles. The lowest BCUT2D eigenvalue weighted by molar-refractivity contribution is -0.122. The third-order valence-corrected chi connectivity index (χ3v) is 2.58. The topological polar surface area (TPSA) is 70.2 Å². The van der Waals surface area contributed by atoms with Gasteiger partial charge >= 0.3 is 0 Å². The molecule has 0 radical (unpaired) electrons. The summed E-state index contributed by atoms with van der Waals surface area (Å²) in [4.78, 5) is 23.0. The Bertz CT molecular complexity index is 399. The van der Waals surface area contributed by atoms with E-state index in [-0.39, 0.29) is 24.2 Å². The monoisotopic (exact) mass is 299 g/mol. The largest absolute Gasteiger partial charge is 0.355 e. The third-order valence-electron chi connectivity index (χ3n) is 2.58. The number of nitrogens with one attached hydrogen (secondary N) is 3. The zero-order valence-electron chi connectivity index (χ0n) is 11.6. The maximum Gasteiger partial charge on any atom is 0.224 e. The van der Waals surface area contributed by atoms with Crippen molar-refractivity contribution in [2.45, 2.75) is 12.8 Å². The Morgan fingerprint density at radius 1 is 0.950 bits per heavy atom. The number of likely N-dealkylation sites (N-methyl/N-ethyl adjacent to an activating group) is 1. The number of hydrogen-bond donors (Lipinski definition) is 3. The Hall–Kier alpha value is -1.59. The van der Waals surface area contributed by atoms with Gasteiger partial charge in [-0.3, -0.25) is 9.59 Å². The van der Waals surface area contributed by atoms with Crippen LogP contribution in [0.25, 0.3) is 0 Å². The van der Waals surface area contributed by atoms with Crippen molar-refractivity contribution in [3.63, 3.8) is 0 Å². The van der Waals surface area contributed by atoms with E-state index >= 15 is 0 Å². The van der Waals surface area contributed by atoms with Gasteiger partial charge in [-0.25, -0.2) is 0 Å². The van der Waals surface area contributed by atoms with Crippen molar-refractivity contribution in [1.82, 2.24) is 16.0 Å². The zero-order valence-corrected chi connectivity index (χ0v) is 12.5. The minimum Gasteiger partial charge on any atom is -0.355 e. The summed E-state index contributed by atoms with van der Waals surface area (Å²) in [5.41, 5.74) is 0.971. The van der Waals surface area contributed by atoms with Gasteiger partial charge in [-0.2, -0.15) is 0 Å². The van der Waals surface area contributed by atoms with Gasteiger partial charge < -0.3 is 16.0 Å². The fraction of sp³-hybridized carbons (Fsp3) is 0.429. The smallest absolute Gasteiger partial charge is 0.224 e. The number of amides is 2. The highest BCUT2D eigenvalue weighted by Gasteiger charge is 2.04. The molecule has 0 saturated carbocycles. The fourth-order valence-corrected chi connectivity index (χ4v) is 1.57. The second-order valence-electron chi connectivity index (χ2n) is 4.22. The van der Waals surface area contributed by atoms with E-state index in [1.54, 1.807) is 0 Å². The molecular weight excluding hydrogens is 278 g/mol. The molecule has 1 rings (SSSR count). The average molecular weight is 300 g/mol. The van der Waals surface area contributed by atoms with E-state index in [4.69, 9.17) is 0 Å². The van der Waals surface area contributed by atoms with Crippen LogP contribution in [0.15, 0.2) is 30.3 Å². The molecule has 112 valence electrons. The first kappa shape index (κ1) is 18.4. The standard InChI is InChI=1S/C14H21N3O2.ClH/c1-15-9-10-17-13(18)7-8-16-14(19)11-12-5-3-2-4-6-12;/h2-6,15H,7-11H2,1H3,(H,16,19)(H,17,18);1H. The molecule has 0 unspecified atom stereocenters. The van der Waals surface area contributed by atoms with E-state index < -0.39 is 0 Å². The van der Waals surface area contributed by atoms with Crippen LogP contribution in [0.4, 0.5) is 0 Å². The minimum absolute atomic E-state index is 0. The van der Waals surface area contributed by atoms with Crippen LogP contribution in [0.3, 0.4) is 0 Å². The molecule has 6 heteroatoms. The Balaban J connectivity index is 0.00000361. The van der Waals surface area contributed by atoms with Crippen molar-refractivity contribution in [2.24, 2.45) is 0 Å². The van der Waals surface area contributed by atoms with Crippen molar-refractivity contribution in [2.75, 3.05) is 26.7 Å². The van der Waals surface area contributed by atoms with Crippen molar-refractivity contribution >= 4 is 24.2 Å². The average Bonchev–Trinajstić information content (AvgIpc) is 2.40. The molecule has 20 heavy (non-hydrogen) atoms. The third kappa shape index (κ3) is 8.50. The van der Waals surface area contributed by atoms with E-state index in [1.807, 2.05) is 37.4 Å². The quantitative estimate of drug-likeness (QED) is 0.612. The molecule has 0 atom stereocenters. The number of rotatable bonds is 8. The number of carbonyl (C=O) groups is 2. The van der Waals surface area contributed by atoms with E-state index in [9.17, 15) is 9.59 Å². The predicted octanol–water partition coefficient (Wildman–Crippen LogP) is 0.493. The molecule has 0 aliphatic heterocycles. The second kappa shape index (κ2) is 11.3. The highest BCUT2D eigenvalue weighted by atomic mass is 35.5. The van der Waals surface area contributed by atoms with Gasteiger partial charge in [0.05, 0.1) is 6.42 Å². The molecule has 1 aromatic carbocycles. The van der Waals surface area contributed by atoms with Gasteiger partial charge in [-0.15, -0.1) is 12.4 Å². The van der Waals surface area contributed by atoms with E-state index in [0.717, 1.165) is 12.1 Å². The first-order valence-electron chi connectivity index (χ1n) is 6.44. The summed E-state index contributed by atoms with van der Waals surface area (Å²) in [7, 11) is 1.83. The lowest BCUT2D eigenvalue weighted by Gasteiger charge is -2.06. The van der Waals surface area contributed by atoms with Crippen molar-refractivity contribution in [1.29, 1.82) is 0 Å². The van der Waals surface area contributed by atoms with Crippen LogP contribution in [0.2, 0.25) is 0 Å². The maximum atomic E-state index is 11.6.